The van der Waals surface area contributed by atoms with E-state index in [2.05, 4.69) is 11.2 Å². The van der Waals surface area contributed by atoms with Crippen molar-refractivity contribution in [3.05, 3.63) is 101 Å². The lowest BCUT2D eigenvalue weighted by molar-refractivity contribution is -0.124. The van der Waals surface area contributed by atoms with E-state index in [0.29, 0.717) is 16.7 Å². The fourth-order valence-corrected chi connectivity index (χ4v) is 4.92. The van der Waals surface area contributed by atoms with Crippen LogP contribution in [0.15, 0.2) is 83.8 Å². The van der Waals surface area contributed by atoms with Crippen LogP contribution in [0.2, 0.25) is 0 Å². The lowest BCUT2D eigenvalue weighted by atomic mass is 9.93. The van der Waals surface area contributed by atoms with Gasteiger partial charge in [-0.15, -0.1) is 6.42 Å². The fourth-order valence-electron chi connectivity index (χ4n) is 3.71. The van der Waals surface area contributed by atoms with Crippen LogP contribution < -0.4 is 11.1 Å². The summed E-state index contributed by atoms with van der Waals surface area (Å²) in [6.45, 7) is 0. The molecule has 1 unspecified atom stereocenters. The summed E-state index contributed by atoms with van der Waals surface area (Å²) in [5, 5.41) is 13.2. The van der Waals surface area contributed by atoms with E-state index in [1.165, 1.54) is 24.3 Å². The van der Waals surface area contributed by atoms with Crippen molar-refractivity contribution in [3.63, 3.8) is 0 Å². The number of carbonyl (C=O) groups is 3. The van der Waals surface area contributed by atoms with Gasteiger partial charge in [-0.25, -0.2) is 8.42 Å². The van der Waals surface area contributed by atoms with E-state index in [1.54, 1.807) is 54.6 Å². The van der Waals surface area contributed by atoms with Crippen molar-refractivity contribution in [1.82, 2.24) is 9.79 Å². The van der Waals surface area contributed by atoms with Crippen LogP contribution in [0.25, 0.3) is 0 Å². The Labute approximate surface area is 214 Å². The number of aldehydes is 1. The maximum absolute atomic E-state index is 12.9. The van der Waals surface area contributed by atoms with Crippen molar-refractivity contribution >= 4 is 28.1 Å². The van der Waals surface area contributed by atoms with E-state index in [1.807, 2.05) is 0 Å². The summed E-state index contributed by atoms with van der Waals surface area (Å²) in [6.07, 6.45) is 4.92. The highest BCUT2D eigenvalue weighted by Gasteiger charge is 2.31. The van der Waals surface area contributed by atoms with Gasteiger partial charge in [0.25, 0.3) is 10.0 Å². The van der Waals surface area contributed by atoms with Gasteiger partial charge < -0.3 is 15.8 Å². The van der Waals surface area contributed by atoms with Crippen molar-refractivity contribution in [2.75, 3.05) is 0 Å². The number of carbonyl (C=O) groups excluding carboxylic acids is 3. The summed E-state index contributed by atoms with van der Waals surface area (Å²) in [7, 11) is -4.44. The maximum Gasteiger partial charge on any atom is 0.265 e. The minimum atomic E-state index is -4.44. The van der Waals surface area contributed by atoms with E-state index in [0.717, 1.165) is 0 Å². The van der Waals surface area contributed by atoms with Gasteiger partial charge in [-0.3, -0.25) is 14.8 Å². The first-order valence-corrected chi connectivity index (χ1v) is 12.6. The number of primary amides is 1. The van der Waals surface area contributed by atoms with Crippen molar-refractivity contribution in [3.8, 4) is 12.3 Å². The van der Waals surface area contributed by atoms with Gasteiger partial charge in [-0.05, 0) is 47.9 Å². The average molecular weight is 520 g/mol. The molecule has 0 aliphatic carbocycles. The third-order valence-corrected chi connectivity index (χ3v) is 7.28. The van der Waals surface area contributed by atoms with Crippen molar-refractivity contribution in [1.29, 1.82) is 0 Å². The summed E-state index contributed by atoms with van der Waals surface area (Å²) in [5.74, 6) is 1.15. The molecule has 0 saturated heterocycles. The molecule has 0 fully saturated rings. The molecule has 0 saturated carbocycles. The van der Waals surface area contributed by atoms with Crippen LogP contribution in [0, 0.1) is 12.3 Å². The third-order valence-electron chi connectivity index (χ3n) is 5.65. The Bertz CT molecular complexity index is 1420. The lowest BCUT2D eigenvalue weighted by Gasteiger charge is -2.23. The Kier molecular flexibility index (Phi) is 8.92. The zero-order valence-corrected chi connectivity index (χ0v) is 20.5. The number of terminal acetylenes is 1. The highest BCUT2D eigenvalue weighted by atomic mass is 32.2. The molecular formula is C27H25N3O6S. The molecule has 4 N–H and O–H groups in total. The van der Waals surface area contributed by atoms with Crippen molar-refractivity contribution < 1.29 is 28.0 Å². The zero-order chi connectivity index (χ0) is 27.0. The highest BCUT2D eigenvalue weighted by Crippen LogP contribution is 2.26. The minimum Gasteiger partial charge on any atom is -0.366 e. The predicted molar refractivity (Wildman–Crippen MR) is 136 cm³/mol. The van der Waals surface area contributed by atoms with Crippen LogP contribution >= 0.6 is 0 Å². The Morgan fingerprint density at radius 1 is 1.03 bits per heavy atom. The number of hydroxylamine groups is 1. The van der Waals surface area contributed by atoms with Crippen LogP contribution in [-0.4, -0.2) is 42.2 Å². The summed E-state index contributed by atoms with van der Waals surface area (Å²) in [5.41, 5.74) is 7.35. The summed E-state index contributed by atoms with van der Waals surface area (Å²) >= 11 is 0. The molecular weight excluding hydrogens is 494 g/mol. The van der Waals surface area contributed by atoms with Gasteiger partial charge in [-0.2, -0.15) is 0 Å². The van der Waals surface area contributed by atoms with Gasteiger partial charge in [0.15, 0.2) is 0 Å². The molecule has 0 heterocycles. The number of nitrogens with one attached hydrogen (secondary N) is 1. The van der Waals surface area contributed by atoms with Gasteiger partial charge in [0.2, 0.25) is 11.8 Å². The molecule has 9 nitrogen and oxygen atoms in total. The molecule has 2 amide bonds. The number of nitrogens with zero attached hydrogens (tertiary/aromatic N) is 1. The second-order valence-electron chi connectivity index (χ2n) is 8.05. The van der Waals surface area contributed by atoms with E-state index in [-0.39, 0.29) is 34.1 Å². The number of benzene rings is 3. The average Bonchev–Trinajstić information content (AvgIpc) is 2.92. The van der Waals surface area contributed by atoms with Crippen LogP contribution in [-0.2, 0) is 19.6 Å². The smallest absolute Gasteiger partial charge is 0.265 e. The van der Waals surface area contributed by atoms with Gasteiger partial charge in [0.1, 0.15) is 12.3 Å². The van der Waals surface area contributed by atoms with E-state index >= 15 is 0 Å². The van der Waals surface area contributed by atoms with Crippen LogP contribution in [0.4, 0.5) is 0 Å². The van der Waals surface area contributed by atoms with Crippen molar-refractivity contribution in [2.24, 2.45) is 5.73 Å². The Balaban J connectivity index is 1.77. The quantitative estimate of drug-likeness (QED) is 0.201. The number of rotatable bonds is 11. The molecule has 0 spiro atoms. The van der Waals surface area contributed by atoms with Gasteiger partial charge >= 0.3 is 0 Å². The topological polar surface area (TPSA) is 147 Å². The first kappa shape index (κ1) is 27.3. The molecule has 0 aromatic heterocycles. The minimum absolute atomic E-state index is 0.0603. The van der Waals surface area contributed by atoms with E-state index < -0.39 is 33.9 Å². The van der Waals surface area contributed by atoms with Crippen LogP contribution in [0.5, 0.6) is 0 Å². The molecule has 190 valence electrons. The largest absolute Gasteiger partial charge is 0.366 e. The molecule has 0 bridgehead atoms. The number of nitrogens with two attached hydrogens (primary N) is 1. The SMILES string of the molecule is C#Cc1ccc(S(=O)(=O)N(O)[C@@H](C=O)CCC(=O)NC(c2ccccc2)c2ccccc2C(N)=O)cc1. The Hall–Kier alpha value is -4.30. The van der Waals surface area contributed by atoms with E-state index in [9.17, 15) is 28.0 Å². The van der Waals surface area contributed by atoms with Gasteiger partial charge in [0, 0.05) is 17.5 Å². The maximum atomic E-state index is 12.9. The summed E-state index contributed by atoms with van der Waals surface area (Å²) in [6, 6.07) is 18.4. The fraction of sp³-hybridized carbons (Fsp3) is 0.148. The number of hydrogen-bond acceptors (Lipinski definition) is 6. The molecule has 10 heteroatoms. The standard InChI is InChI=1S/C27H25N3O6S/c1-2-19-12-15-22(16-13-19)37(35,36)30(34)21(18-31)14-17-25(32)29-26(20-8-4-3-5-9-20)23-10-6-7-11-24(23)27(28)33/h1,3-13,15-16,18,21,26,34H,14,17H2,(H2,28,33)(H,29,32)/t21-,26?/m1/s1. The number of amides is 2. The van der Waals surface area contributed by atoms with Crippen LogP contribution in [0.1, 0.15) is 45.9 Å². The second kappa shape index (κ2) is 12.1. The normalized spacial score (nSPS) is 12.8. The van der Waals surface area contributed by atoms with Gasteiger partial charge in [0.05, 0.1) is 10.9 Å². The first-order chi connectivity index (χ1) is 17.7. The number of hydrogen-bond donors (Lipinski definition) is 3. The Morgan fingerprint density at radius 3 is 2.24 bits per heavy atom. The second-order valence-corrected chi connectivity index (χ2v) is 9.85. The first-order valence-electron chi connectivity index (χ1n) is 11.2. The van der Waals surface area contributed by atoms with Crippen LogP contribution in [0.3, 0.4) is 0 Å². The molecule has 0 radical (unpaired) electrons. The molecule has 2 atom stereocenters. The van der Waals surface area contributed by atoms with Gasteiger partial charge in [-0.1, -0.05) is 58.9 Å². The molecule has 3 rings (SSSR count). The lowest BCUT2D eigenvalue weighted by Crippen LogP contribution is -2.40. The monoisotopic (exact) mass is 519 g/mol. The summed E-state index contributed by atoms with van der Waals surface area (Å²) < 4.78 is 25.4. The molecule has 0 aliphatic heterocycles. The Morgan fingerprint density at radius 2 is 1.65 bits per heavy atom. The molecule has 37 heavy (non-hydrogen) atoms. The highest BCUT2D eigenvalue weighted by molar-refractivity contribution is 7.89. The third kappa shape index (κ3) is 6.48. The van der Waals surface area contributed by atoms with Crippen molar-refractivity contribution in [2.45, 2.75) is 29.8 Å². The molecule has 3 aromatic carbocycles. The zero-order valence-electron chi connectivity index (χ0n) is 19.7. The van der Waals surface area contributed by atoms with E-state index in [4.69, 9.17) is 12.2 Å². The molecule has 0 aliphatic rings. The molecule has 3 aromatic rings. The summed E-state index contributed by atoms with van der Waals surface area (Å²) in [4.78, 5) is 36.3. The predicted octanol–water partition coefficient (Wildman–Crippen LogP) is 2.40. The number of sulfonamides is 1.